The van der Waals surface area contributed by atoms with Crippen LogP contribution in [0.3, 0.4) is 0 Å². The smallest absolute Gasteiger partial charge is 0.307 e. The van der Waals surface area contributed by atoms with E-state index in [0.29, 0.717) is 11.7 Å². The van der Waals surface area contributed by atoms with E-state index in [4.69, 9.17) is 4.42 Å². The first-order chi connectivity index (χ1) is 8.33. The van der Waals surface area contributed by atoms with Crippen LogP contribution < -0.4 is 5.43 Å². The number of hydrogen-bond acceptors (Lipinski definition) is 3. The van der Waals surface area contributed by atoms with Gasteiger partial charge in [-0.05, 0) is 49.1 Å². The topological polar surface area (TPSA) is 54.6 Å². The maximum Gasteiger partial charge on any atom is 0.307 e. The average molecular weight is 232 g/mol. The second kappa shape index (κ2) is 4.35. The van der Waals surface area contributed by atoms with Gasteiger partial charge in [-0.2, -0.15) is 5.10 Å². The lowest BCUT2D eigenvalue weighted by Crippen LogP contribution is -2.19. The number of rotatable bonds is 3. The average Bonchev–Trinajstić information content (AvgIpc) is 3.06. The molecule has 3 unspecified atom stereocenters. The minimum absolute atomic E-state index is 0.283. The number of carbonyl (C=O) groups excluding carboxylic acids is 1. The third-order valence-electron chi connectivity index (χ3n) is 3.97. The molecule has 0 aliphatic heterocycles. The van der Waals surface area contributed by atoms with Gasteiger partial charge in [0.05, 0.1) is 6.26 Å². The van der Waals surface area contributed by atoms with Crippen LogP contribution in [0.1, 0.15) is 36.2 Å². The van der Waals surface area contributed by atoms with Crippen molar-refractivity contribution in [1.29, 1.82) is 0 Å². The molecule has 3 rings (SSSR count). The number of carbonyl (C=O) groups is 1. The number of amides is 1. The Balaban J connectivity index is 1.53. The molecule has 1 aromatic heterocycles. The number of furan rings is 1. The molecule has 2 aliphatic rings. The van der Waals surface area contributed by atoms with Crippen LogP contribution in [0.4, 0.5) is 0 Å². The summed E-state index contributed by atoms with van der Waals surface area (Å²) >= 11 is 0. The van der Waals surface area contributed by atoms with E-state index < -0.39 is 0 Å². The number of hydrogen-bond donors (Lipinski definition) is 1. The quantitative estimate of drug-likeness (QED) is 0.642. The summed E-state index contributed by atoms with van der Waals surface area (Å²) in [6, 6.07) is 3.32. The Bertz CT molecular complexity index is 425. The molecule has 2 saturated carbocycles. The summed E-state index contributed by atoms with van der Waals surface area (Å²) in [7, 11) is 0. The van der Waals surface area contributed by atoms with E-state index in [9.17, 15) is 4.79 Å². The highest BCUT2D eigenvalue weighted by molar-refractivity contribution is 5.91. The predicted octanol–water partition coefficient (Wildman–Crippen LogP) is 2.43. The van der Waals surface area contributed by atoms with Gasteiger partial charge < -0.3 is 4.42 Å². The van der Waals surface area contributed by atoms with Crippen molar-refractivity contribution in [3.8, 4) is 0 Å². The van der Waals surface area contributed by atoms with Crippen molar-refractivity contribution in [2.45, 2.75) is 25.7 Å². The molecule has 1 N–H and O–H groups in total. The standard InChI is InChI=1S/C13H16N2O2/c16-13(12-2-1-5-17-12)15-14-8-11-7-9-3-4-10(11)6-9/h1-2,5,8-11H,3-4,6-7H2,(H,15,16). The summed E-state index contributed by atoms with van der Waals surface area (Å²) in [6.07, 6.45) is 8.69. The normalized spacial score (nSPS) is 31.2. The van der Waals surface area contributed by atoms with Crippen LogP contribution in [-0.2, 0) is 0 Å². The minimum Gasteiger partial charge on any atom is -0.459 e. The molecule has 0 saturated heterocycles. The van der Waals surface area contributed by atoms with Crippen molar-refractivity contribution in [3.05, 3.63) is 24.2 Å². The summed E-state index contributed by atoms with van der Waals surface area (Å²) in [5.74, 6) is 2.27. The monoisotopic (exact) mass is 232 g/mol. The SMILES string of the molecule is O=C(NN=CC1CC2CCC1C2)c1ccco1. The Morgan fingerprint density at radius 1 is 1.47 bits per heavy atom. The maximum absolute atomic E-state index is 11.5. The van der Waals surface area contributed by atoms with Gasteiger partial charge in [-0.25, -0.2) is 5.43 Å². The molecule has 4 heteroatoms. The molecule has 3 atom stereocenters. The molecular formula is C13H16N2O2. The fourth-order valence-corrected chi connectivity index (χ4v) is 3.13. The molecule has 4 nitrogen and oxygen atoms in total. The molecule has 90 valence electrons. The molecule has 2 aliphatic carbocycles. The van der Waals surface area contributed by atoms with Crippen LogP contribution >= 0.6 is 0 Å². The van der Waals surface area contributed by atoms with Gasteiger partial charge in [-0.3, -0.25) is 4.79 Å². The molecule has 0 aromatic carbocycles. The highest BCUT2D eigenvalue weighted by Crippen LogP contribution is 2.47. The van der Waals surface area contributed by atoms with Crippen LogP contribution in [0.15, 0.2) is 27.9 Å². The van der Waals surface area contributed by atoms with E-state index in [1.807, 2.05) is 6.21 Å². The number of nitrogens with one attached hydrogen (secondary N) is 1. The van der Waals surface area contributed by atoms with Gasteiger partial charge in [0.2, 0.25) is 0 Å². The molecule has 2 bridgehead atoms. The van der Waals surface area contributed by atoms with Gasteiger partial charge in [-0.15, -0.1) is 0 Å². The molecule has 1 amide bonds. The van der Waals surface area contributed by atoms with Crippen molar-refractivity contribution in [3.63, 3.8) is 0 Å². The van der Waals surface area contributed by atoms with Crippen molar-refractivity contribution in [2.24, 2.45) is 22.9 Å². The van der Waals surface area contributed by atoms with Crippen molar-refractivity contribution in [1.82, 2.24) is 5.43 Å². The Morgan fingerprint density at radius 3 is 3.06 bits per heavy atom. The zero-order valence-corrected chi connectivity index (χ0v) is 9.63. The lowest BCUT2D eigenvalue weighted by atomic mass is 9.90. The summed E-state index contributed by atoms with van der Waals surface area (Å²) < 4.78 is 4.98. The van der Waals surface area contributed by atoms with Gasteiger partial charge in [0, 0.05) is 6.21 Å². The van der Waals surface area contributed by atoms with E-state index in [1.165, 1.54) is 31.9 Å². The van der Waals surface area contributed by atoms with Crippen molar-refractivity contribution < 1.29 is 9.21 Å². The van der Waals surface area contributed by atoms with Crippen LogP contribution in [0, 0.1) is 17.8 Å². The first-order valence-electron chi connectivity index (χ1n) is 6.20. The highest BCUT2D eigenvalue weighted by atomic mass is 16.3. The number of nitrogens with zero attached hydrogens (tertiary/aromatic N) is 1. The number of fused-ring (bicyclic) bond motifs is 2. The Hall–Kier alpha value is -1.58. The first-order valence-corrected chi connectivity index (χ1v) is 6.20. The molecular weight excluding hydrogens is 216 g/mol. The Kier molecular flexibility index (Phi) is 2.71. The molecule has 2 fully saturated rings. The fourth-order valence-electron chi connectivity index (χ4n) is 3.13. The summed E-state index contributed by atoms with van der Waals surface area (Å²) in [5, 5.41) is 4.04. The van der Waals surface area contributed by atoms with Crippen LogP contribution in [0.25, 0.3) is 0 Å². The molecule has 1 heterocycles. The van der Waals surface area contributed by atoms with Crippen molar-refractivity contribution >= 4 is 12.1 Å². The van der Waals surface area contributed by atoms with Crippen LogP contribution in [0.5, 0.6) is 0 Å². The minimum atomic E-state index is -0.283. The fraction of sp³-hybridized carbons (Fsp3) is 0.538. The zero-order valence-electron chi connectivity index (χ0n) is 9.63. The Labute approximate surface area is 100 Å². The number of hydrazone groups is 1. The highest BCUT2D eigenvalue weighted by Gasteiger charge is 2.38. The zero-order chi connectivity index (χ0) is 11.7. The summed E-state index contributed by atoms with van der Waals surface area (Å²) in [5.41, 5.74) is 2.51. The largest absolute Gasteiger partial charge is 0.459 e. The summed E-state index contributed by atoms with van der Waals surface area (Å²) in [6.45, 7) is 0. The summed E-state index contributed by atoms with van der Waals surface area (Å²) in [4.78, 5) is 11.5. The molecule has 0 radical (unpaired) electrons. The molecule has 17 heavy (non-hydrogen) atoms. The van der Waals surface area contributed by atoms with Gasteiger partial charge in [0.1, 0.15) is 0 Å². The molecule has 0 spiro atoms. The van der Waals surface area contributed by atoms with Crippen LogP contribution in [-0.4, -0.2) is 12.1 Å². The van der Waals surface area contributed by atoms with Crippen molar-refractivity contribution in [2.75, 3.05) is 0 Å². The van der Waals surface area contributed by atoms with Gasteiger partial charge in [0.25, 0.3) is 0 Å². The second-order valence-corrected chi connectivity index (χ2v) is 5.04. The van der Waals surface area contributed by atoms with E-state index in [2.05, 4.69) is 10.5 Å². The van der Waals surface area contributed by atoms with Gasteiger partial charge >= 0.3 is 5.91 Å². The Morgan fingerprint density at radius 2 is 2.41 bits per heavy atom. The molecule has 1 aromatic rings. The lowest BCUT2D eigenvalue weighted by molar-refractivity contribution is 0.0927. The van der Waals surface area contributed by atoms with E-state index in [0.717, 1.165) is 11.8 Å². The van der Waals surface area contributed by atoms with E-state index in [-0.39, 0.29) is 5.91 Å². The second-order valence-electron chi connectivity index (χ2n) is 5.04. The van der Waals surface area contributed by atoms with Gasteiger partial charge in [-0.1, -0.05) is 6.42 Å². The maximum atomic E-state index is 11.5. The first kappa shape index (κ1) is 10.6. The third-order valence-corrected chi connectivity index (χ3v) is 3.97. The van der Waals surface area contributed by atoms with E-state index >= 15 is 0 Å². The van der Waals surface area contributed by atoms with Crippen LogP contribution in [0.2, 0.25) is 0 Å². The third kappa shape index (κ3) is 2.12. The van der Waals surface area contributed by atoms with E-state index in [1.54, 1.807) is 12.1 Å². The van der Waals surface area contributed by atoms with Gasteiger partial charge in [0.15, 0.2) is 5.76 Å². The lowest BCUT2D eigenvalue weighted by Gasteiger charge is -2.16. The predicted molar refractivity (Wildman–Crippen MR) is 63.6 cm³/mol.